The molecule has 0 bridgehead atoms. The van der Waals surface area contributed by atoms with Crippen LogP contribution < -0.4 is 15.4 Å². The van der Waals surface area contributed by atoms with E-state index in [1.165, 1.54) is 6.92 Å². The maximum atomic E-state index is 12.7. The molecule has 7 heteroatoms. The number of nitrogens with one attached hydrogen (secondary N) is 2. The molecule has 1 atom stereocenters. The van der Waals surface area contributed by atoms with Crippen LogP contribution in [0, 0.1) is 5.92 Å². The molecule has 0 radical (unpaired) electrons. The van der Waals surface area contributed by atoms with Crippen LogP contribution in [-0.2, 0) is 11.4 Å². The Morgan fingerprint density at radius 2 is 1.91 bits per heavy atom. The SMILES string of the molecule is C=CCN(CCC)CCC(C)CNC(=O)c1ccc(Cl)c(OCc2ccc(NC(C)=O)cc2)c1. The van der Waals surface area contributed by atoms with E-state index in [1.807, 2.05) is 30.3 Å². The summed E-state index contributed by atoms with van der Waals surface area (Å²) < 4.78 is 5.86. The van der Waals surface area contributed by atoms with E-state index in [2.05, 4.69) is 36.0 Å². The summed E-state index contributed by atoms with van der Waals surface area (Å²) in [5.41, 5.74) is 2.15. The molecule has 0 saturated carbocycles. The fourth-order valence-corrected chi connectivity index (χ4v) is 3.64. The zero-order valence-electron chi connectivity index (χ0n) is 20.4. The van der Waals surface area contributed by atoms with Gasteiger partial charge in [0.1, 0.15) is 12.4 Å². The van der Waals surface area contributed by atoms with E-state index in [0.29, 0.717) is 35.4 Å². The van der Waals surface area contributed by atoms with Crippen LogP contribution in [0.1, 0.15) is 49.5 Å². The highest BCUT2D eigenvalue weighted by molar-refractivity contribution is 6.32. The van der Waals surface area contributed by atoms with Gasteiger partial charge in [-0.3, -0.25) is 14.5 Å². The van der Waals surface area contributed by atoms with Crippen LogP contribution in [0.2, 0.25) is 5.02 Å². The second kappa shape index (κ2) is 14.4. The molecule has 0 aromatic heterocycles. The lowest BCUT2D eigenvalue weighted by atomic mass is 10.1. The predicted molar refractivity (Wildman–Crippen MR) is 140 cm³/mol. The van der Waals surface area contributed by atoms with Crippen LogP contribution in [0.25, 0.3) is 0 Å². The Hall–Kier alpha value is -2.83. The first-order chi connectivity index (χ1) is 16.3. The lowest BCUT2D eigenvalue weighted by Gasteiger charge is -2.22. The van der Waals surface area contributed by atoms with Gasteiger partial charge in [-0.15, -0.1) is 6.58 Å². The Morgan fingerprint density at radius 1 is 1.18 bits per heavy atom. The number of halogens is 1. The molecule has 2 amide bonds. The van der Waals surface area contributed by atoms with Gasteiger partial charge < -0.3 is 15.4 Å². The highest BCUT2D eigenvalue weighted by Crippen LogP contribution is 2.26. The Bertz CT molecular complexity index is 947. The van der Waals surface area contributed by atoms with Gasteiger partial charge in [0.25, 0.3) is 5.91 Å². The summed E-state index contributed by atoms with van der Waals surface area (Å²) in [6.07, 6.45) is 4.05. The highest BCUT2D eigenvalue weighted by atomic mass is 35.5. The Kier molecular flexibility index (Phi) is 11.6. The molecule has 0 aliphatic carbocycles. The van der Waals surface area contributed by atoms with Crippen LogP contribution in [0.5, 0.6) is 5.75 Å². The standard InChI is InChI=1S/C27H36ClN3O3/c1-5-14-31(15-6-2)16-13-20(3)18-29-27(33)23-9-12-25(28)26(17-23)34-19-22-7-10-24(11-8-22)30-21(4)32/h5,7-12,17,20H,1,6,13-16,18-19H2,2-4H3,(H,29,33)(H,30,32). The van der Waals surface area contributed by atoms with Crippen molar-refractivity contribution in [3.63, 3.8) is 0 Å². The van der Waals surface area contributed by atoms with Gasteiger partial charge >= 0.3 is 0 Å². The molecule has 0 fully saturated rings. The minimum Gasteiger partial charge on any atom is -0.487 e. The molecular formula is C27H36ClN3O3. The monoisotopic (exact) mass is 485 g/mol. The Balaban J connectivity index is 1.87. The van der Waals surface area contributed by atoms with Crippen molar-refractivity contribution in [1.82, 2.24) is 10.2 Å². The van der Waals surface area contributed by atoms with Gasteiger partial charge in [0.05, 0.1) is 5.02 Å². The number of carbonyl (C=O) groups is 2. The summed E-state index contributed by atoms with van der Waals surface area (Å²) in [4.78, 5) is 26.2. The maximum absolute atomic E-state index is 12.7. The van der Waals surface area contributed by atoms with Gasteiger partial charge in [-0.05, 0) is 67.7 Å². The van der Waals surface area contributed by atoms with Crippen molar-refractivity contribution in [1.29, 1.82) is 0 Å². The summed E-state index contributed by atoms with van der Waals surface area (Å²) in [6, 6.07) is 12.4. The van der Waals surface area contributed by atoms with Crippen molar-refractivity contribution in [3.8, 4) is 5.75 Å². The number of anilines is 1. The number of amides is 2. The van der Waals surface area contributed by atoms with E-state index in [9.17, 15) is 9.59 Å². The first-order valence-electron chi connectivity index (χ1n) is 11.7. The number of carbonyl (C=O) groups excluding carboxylic acids is 2. The summed E-state index contributed by atoms with van der Waals surface area (Å²) in [5.74, 6) is 0.542. The topological polar surface area (TPSA) is 70.7 Å². The fraction of sp³-hybridized carbons (Fsp3) is 0.407. The molecule has 2 aromatic carbocycles. The summed E-state index contributed by atoms with van der Waals surface area (Å²) in [5, 5.41) is 6.19. The summed E-state index contributed by atoms with van der Waals surface area (Å²) in [6.45, 7) is 13.4. The second-order valence-electron chi connectivity index (χ2n) is 8.51. The van der Waals surface area contributed by atoms with Crippen molar-refractivity contribution in [2.45, 2.75) is 40.2 Å². The molecular weight excluding hydrogens is 450 g/mol. The third-order valence-corrected chi connectivity index (χ3v) is 5.65. The van der Waals surface area contributed by atoms with Crippen molar-refractivity contribution < 1.29 is 14.3 Å². The molecule has 1 unspecified atom stereocenters. The maximum Gasteiger partial charge on any atom is 0.251 e. The van der Waals surface area contributed by atoms with Gasteiger partial charge in [0.15, 0.2) is 0 Å². The molecule has 34 heavy (non-hydrogen) atoms. The molecule has 0 heterocycles. The van der Waals surface area contributed by atoms with E-state index in [1.54, 1.807) is 18.2 Å². The summed E-state index contributed by atoms with van der Waals surface area (Å²) in [7, 11) is 0. The lowest BCUT2D eigenvalue weighted by Crippen LogP contribution is -2.31. The molecule has 2 rings (SSSR count). The molecule has 0 aliphatic heterocycles. The van der Waals surface area contributed by atoms with Crippen molar-refractivity contribution in [3.05, 3.63) is 71.3 Å². The quantitative estimate of drug-likeness (QED) is 0.345. The van der Waals surface area contributed by atoms with E-state index >= 15 is 0 Å². The zero-order chi connectivity index (χ0) is 24.9. The normalized spacial score (nSPS) is 11.7. The van der Waals surface area contributed by atoms with E-state index in [0.717, 1.165) is 43.7 Å². The van der Waals surface area contributed by atoms with Crippen LogP contribution in [0.3, 0.4) is 0 Å². The first kappa shape index (κ1) is 27.4. The van der Waals surface area contributed by atoms with Crippen LogP contribution in [0.4, 0.5) is 5.69 Å². The third kappa shape index (κ3) is 9.57. The smallest absolute Gasteiger partial charge is 0.251 e. The van der Waals surface area contributed by atoms with Gasteiger partial charge in [-0.25, -0.2) is 0 Å². The lowest BCUT2D eigenvalue weighted by molar-refractivity contribution is -0.114. The molecule has 2 N–H and O–H groups in total. The number of hydrogen-bond acceptors (Lipinski definition) is 4. The second-order valence-corrected chi connectivity index (χ2v) is 8.91. The van der Waals surface area contributed by atoms with Crippen molar-refractivity contribution >= 4 is 29.1 Å². The van der Waals surface area contributed by atoms with Crippen LogP contribution >= 0.6 is 11.6 Å². The molecule has 0 saturated heterocycles. The van der Waals surface area contributed by atoms with Crippen molar-refractivity contribution in [2.24, 2.45) is 5.92 Å². The molecule has 0 aliphatic rings. The molecule has 0 spiro atoms. The number of nitrogens with zero attached hydrogens (tertiary/aromatic N) is 1. The number of ether oxygens (including phenoxy) is 1. The number of benzene rings is 2. The molecule has 184 valence electrons. The van der Waals surface area contributed by atoms with Gasteiger partial charge in [0, 0.05) is 31.3 Å². The van der Waals surface area contributed by atoms with Gasteiger partial charge in [-0.1, -0.05) is 43.7 Å². The first-order valence-corrected chi connectivity index (χ1v) is 12.1. The average Bonchev–Trinajstić information content (AvgIpc) is 2.81. The summed E-state index contributed by atoms with van der Waals surface area (Å²) >= 11 is 6.28. The minimum absolute atomic E-state index is 0.119. The van der Waals surface area contributed by atoms with E-state index in [-0.39, 0.29) is 11.8 Å². The van der Waals surface area contributed by atoms with Crippen LogP contribution in [0.15, 0.2) is 55.1 Å². The molecule has 6 nitrogen and oxygen atoms in total. The largest absolute Gasteiger partial charge is 0.487 e. The Morgan fingerprint density at radius 3 is 2.56 bits per heavy atom. The predicted octanol–water partition coefficient (Wildman–Crippen LogP) is 5.53. The van der Waals surface area contributed by atoms with Gasteiger partial charge in [-0.2, -0.15) is 0 Å². The van der Waals surface area contributed by atoms with E-state index in [4.69, 9.17) is 16.3 Å². The van der Waals surface area contributed by atoms with E-state index < -0.39 is 0 Å². The average molecular weight is 486 g/mol. The zero-order valence-corrected chi connectivity index (χ0v) is 21.2. The van der Waals surface area contributed by atoms with Gasteiger partial charge in [0.2, 0.25) is 5.91 Å². The third-order valence-electron chi connectivity index (χ3n) is 5.34. The van der Waals surface area contributed by atoms with Crippen molar-refractivity contribution in [2.75, 3.05) is 31.5 Å². The number of hydrogen-bond donors (Lipinski definition) is 2. The molecule has 2 aromatic rings. The minimum atomic E-state index is -0.149. The Labute approximate surface area is 208 Å². The fourth-order valence-electron chi connectivity index (χ4n) is 3.47. The van der Waals surface area contributed by atoms with Crippen LogP contribution in [-0.4, -0.2) is 42.9 Å². The highest BCUT2D eigenvalue weighted by Gasteiger charge is 2.12. The number of rotatable bonds is 14.